The molecule has 0 spiro atoms. The molecule has 0 aliphatic rings. The van der Waals surface area contributed by atoms with Crippen LogP contribution in [0.25, 0.3) is 4.96 Å². The second kappa shape index (κ2) is 4.62. The summed E-state index contributed by atoms with van der Waals surface area (Å²) in [6.07, 6.45) is 1.72. The highest BCUT2D eigenvalue weighted by atomic mass is 32.1. The molecule has 0 radical (unpaired) electrons. The predicted octanol–water partition coefficient (Wildman–Crippen LogP) is 2.33. The van der Waals surface area contributed by atoms with Crippen LogP contribution in [-0.4, -0.2) is 9.38 Å². The quantitative estimate of drug-likeness (QED) is 0.724. The van der Waals surface area contributed by atoms with Crippen LogP contribution < -0.4 is 10.3 Å². The van der Waals surface area contributed by atoms with Crippen LogP contribution in [0.3, 0.4) is 0 Å². The Morgan fingerprint density at radius 1 is 1.28 bits per heavy atom. The third kappa shape index (κ3) is 2.12. The Kier molecular flexibility index (Phi) is 2.82. The number of hydrogen-bond donors (Lipinski definition) is 0. The number of rotatable bonds is 3. The molecule has 18 heavy (non-hydrogen) atoms. The molecular formula is C13H10N2O2S. The number of aromatic nitrogens is 2. The summed E-state index contributed by atoms with van der Waals surface area (Å²) in [5.74, 6) is 0.769. The molecule has 0 bridgehead atoms. The third-order valence-corrected chi connectivity index (χ3v) is 3.24. The molecule has 0 aliphatic heterocycles. The molecule has 90 valence electrons. The van der Waals surface area contributed by atoms with Gasteiger partial charge in [0.2, 0.25) is 0 Å². The van der Waals surface area contributed by atoms with Gasteiger partial charge in [-0.3, -0.25) is 9.20 Å². The van der Waals surface area contributed by atoms with Crippen molar-refractivity contribution in [2.75, 3.05) is 0 Å². The van der Waals surface area contributed by atoms with Crippen molar-refractivity contribution in [2.45, 2.75) is 6.61 Å². The molecule has 0 saturated heterocycles. The summed E-state index contributed by atoms with van der Waals surface area (Å²) in [7, 11) is 0. The van der Waals surface area contributed by atoms with E-state index in [-0.39, 0.29) is 5.56 Å². The smallest absolute Gasteiger partial charge is 0.258 e. The SMILES string of the molecule is O=c1cc(COc2ccccc2)nc2sccn12. The lowest BCUT2D eigenvalue weighted by molar-refractivity contribution is 0.301. The first-order valence-corrected chi connectivity index (χ1v) is 6.34. The van der Waals surface area contributed by atoms with Gasteiger partial charge in [-0.2, -0.15) is 0 Å². The maximum Gasteiger partial charge on any atom is 0.258 e. The van der Waals surface area contributed by atoms with Crippen molar-refractivity contribution in [1.29, 1.82) is 0 Å². The fraction of sp³-hybridized carbons (Fsp3) is 0.0769. The van der Waals surface area contributed by atoms with Crippen molar-refractivity contribution in [1.82, 2.24) is 9.38 Å². The van der Waals surface area contributed by atoms with Crippen LogP contribution in [0.1, 0.15) is 5.69 Å². The van der Waals surface area contributed by atoms with Crippen LogP contribution in [0.15, 0.2) is 52.8 Å². The van der Waals surface area contributed by atoms with Crippen molar-refractivity contribution >= 4 is 16.3 Å². The summed E-state index contributed by atoms with van der Waals surface area (Å²) < 4.78 is 7.09. The summed E-state index contributed by atoms with van der Waals surface area (Å²) >= 11 is 1.43. The lowest BCUT2D eigenvalue weighted by Gasteiger charge is -2.05. The molecule has 4 nitrogen and oxygen atoms in total. The Labute approximate surface area is 107 Å². The van der Waals surface area contributed by atoms with Crippen molar-refractivity contribution in [2.24, 2.45) is 0 Å². The molecule has 0 N–H and O–H groups in total. The first kappa shape index (κ1) is 11.0. The lowest BCUT2D eigenvalue weighted by atomic mass is 10.3. The molecule has 0 amide bonds. The molecule has 1 aromatic carbocycles. The van der Waals surface area contributed by atoms with Gasteiger partial charge in [0.15, 0.2) is 4.96 Å². The van der Waals surface area contributed by atoms with E-state index < -0.39 is 0 Å². The molecular weight excluding hydrogens is 248 g/mol. The van der Waals surface area contributed by atoms with Crippen molar-refractivity contribution < 1.29 is 4.74 Å². The van der Waals surface area contributed by atoms with Gasteiger partial charge in [0.1, 0.15) is 12.4 Å². The molecule has 0 unspecified atom stereocenters. The zero-order chi connectivity index (χ0) is 12.4. The van der Waals surface area contributed by atoms with Crippen molar-refractivity contribution in [3.05, 3.63) is 64.0 Å². The highest BCUT2D eigenvalue weighted by Crippen LogP contribution is 2.11. The number of fused-ring (bicyclic) bond motifs is 1. The molecule has 0 atom stereocenters. The second-order valence-corrected chi connectivity index (χ2v) is 4.62. The molecule has 0 aliphatic carbocycles. The highest BCUT2D eigenvalue weighted by Gasteiger charge is 2.03. The average molecular weight is 258 g/mol. The van der Waals surface area contributed by atoms with Crippen LogP contribution in [0.2, 0.25) is 0 Å². The molecule has 2 aromatic heterocycles. The van der Waals surface area contributed by atoms with Crippen LogP contribution in [-0.2, 0) is 6.61 Å². The van der Waals surface area contributed by atoms with Gasteiger partial charge < -0.3 is 4.74 Å². The summed E-state index contributed by atoms with van der Waals surface area (Å²) in [6, 6.07) is 11.0. The molecule has 2 heterocycles. The zero-order valence-corrected chi connectivity index (χ0v) is 10.3. The number of hydrogen-bond acceptors (Lipinski definition) is 4. The van der Waals surface area contributed by atoms with E-state index in [0.29, 0.717) is 17.3 Å². The number of para-hydroxylation sites is 1. The maximum atomic E-state index is 11.7. The summed E-state index contributed by atoms with van der Waals surface area (Å²) in [6.45, 7) is 0.299. The summed E-state index contributed by atoms with van der Waals surface area (Å²) in [5, 5.41) is 1.84. The van der Waals surface area contributed by atoms with Gasteiger partial charge in [-0.25, -0.2) is 4.98 Å². The largest absolute Gasteiger partial charge is 0.487 e. The van der Waals surface area contributed by atoms with E-state index in [1.54, 1.807) is 6.20 Å². The van der Waals surface area contributed by atoms with E-state index in [9.17, 15) is 4.79 Å². The Morgan fingerprint density at radius 2 is 2.11 bits per heavy atom. The topological polar surface area (TPSA) is 43.6 Å². The fourth-order valence-electron chi connectivity index (χ4n) is 1.64. The van der Waals surface area contributed by atoms with E-state index in [1.165, 1.54) is 21.8 Å². The molecule has 3 rings (SSSR count). The predicted molar refractivity (Wildman–Crippen MR) is 70.1 cm³/mol. The highest BCUT2D eigenvalue weighted by molar-refractivity contribution is 7.15. The van der Waals surface area contributed by atoms with Gasteiger partial charge in [0.25, 0.3) is 5.56 Å². The van der Waals surface area contributed by atoms with E-state index in [0.717, 1.165) is 5.75 Å². The van der Waals surface area contributed by atoms with E-state index >= 15 is 0 Å². The van der Waals surface area contributed by atoms with Gasteiger partial charge >= 0.3 is 0 Å². The normalized spacial score (nSPS) is 10.7. The van der Waals surface area contributed by atoms with E-state index in [1.807, 2.05) is 35.7 Å². The van der Waals surface area contributed by atoms with Crippen LogP contribution in [0, 0.1) is 0 Å². The van der Waals surface area contributed by atoms with E-state index in [2.05, 4.69) is 4.98 Å². The van der Waals surface area contributed by atoms with Crippen molar-refractivity contribution in [3.63, 3.8) is 0 Å². The van der Waals surface area contributed by atoms with Gasteiger partial charge in [-0.15, -0.1) is 11.3 Å². The number of ether oxygens (including phenoxy) is 1. The fourth-order valence-corrected chi connectivity index (χ4v) is 2.37. The Balaban J connectivity index is 1.85. The first-order valence-electron chi connectivity index (χ1n) is 5.46. The van der Waals surface area contributed by atoms with Crippen LogP contribution in [0.4, 0.5) is 0 Å². The Bertz CT molecular complexity index is 718. The second-order valence-electron chi connectivity index (χ2n) is 3.74. The average Bonchev–Trinajstić information content (AvgIpc) is 2.86. The Morgan fingerprint density at radius 3 is 2.94 bits per heavy atom. The lowest BCUT2D eigenvalue weighted by Crippen LogP contribution is -2.14. The standard InChI is InChI=1S/C13H10N2O2S/c16-12-8-10(14-13-15(12)6-7-18-13)9-17-11-4-2-1-3-5-11/h1-8H,9H2. The summed E-state index contributed by atoms with van der Waals surface area (Å²) in [5.41, 5.74) is 0.569. The van der Waals surface area contributed by atoms with E-state index in [4.69, 9.17) is 4.74 Å². The molecule has 5 heteroatoms. The van der Waals surface area contributed by atoms with Crippen molar-refractivity contribution in [3.8, 4) is 5.75 Å². The maximum absolute atomic E-state index is 11.7. The monoisotopic (exact) mass is 258 g/mol. The number of thiazole rings is 1. The number of nitrogens with zero attached hydrogens (tertiary/aromatic N) is 2. The minimum atomic E-state index is -0.0760. The van der Waals surface area contributed by atoms with Gasteiger partial charge in [-0.1, -0.05) is 18.2 Å². The first-order chi connectivity index (χ1) is 8.83. The number of benzene rings is 1. The minimum Gasteiger partial charge on any atom is -0.487 e. The van der Waals surface area contributed by atoms with Gasteiger partial charge in [0, 0.05) is 17.6 Å². The van der Waals surface area contributed by atoms with Gasteiger partial charge in [0.05, 0.1) is 5.69 Å². The molecule has 0 fully saturated rings. The zero-order valence-electron chi connectivity index (χ0n) is 9.45. The van der Waals surface area contributed by atoms with Gasteiger partial charge in [-0.05, 0) is 12.1 Å². The van der Waals surface area contributed by atoms with Crippen LogP contribution >= 0.6 is 11.3 Å². The molecule has 0 saturated carbocycles. The molecule has 3 aromatic rings. The Hall–Kier alpha value is -2.14. The summed E-state index contributed by atoms with van der Waals surface area (Å²) in [4.78, 5) is 16.8. The third-order valence-electron chi connectivity index (χ3n) is 2.49. The minimum absolute atomic E-state index is 0.0760. The van der Waals surface area contributed by atoms with Crippen LogP contribution in [0.5, 0.6) is 5.75 Å².